The van der Waals surface area contributed by atoms with Crippen molar-refractivity contribution in [2.75, 3.05) is 12.4 Å². The van der Waals surface area contributed by atoms with Crippen LogP contribution in [0.4, 0.5) is 5.69 Å². The van der Waals surface area contributed by atoms with Gasteiger partial charge >= 0.3 is 0 Å². The van der Waals surface area contributed by atoms with Crippen LogP contribution in [-0.4, -0.2) is 28.1 Å². The number of aromatic nitrogens is 1. The smallest absolute Gasteiger partial charge is 0.231 e. The van der Waals surface area contributed by atoms with E-state index in [0.29, 0.717) is 32.7 Å². The van der Waals surface area contributed by atoms with Crippen LogP contribution < -0.4 is 10.1 Å². The minimum atomic E-state index is -1.31. The Hall–Kier alpha value is -2.02. The van der Waals surface area contributed by atoms with Gasteiger partial charge in [0.15, 0.2) is 5.78 Å². The van der Waals surface area contributed by atoms with E-state index >= 15 is 0 Å². The quantitative estimate of drug-likeness (QED) is 0.250. The molecule has 0 aliphatic heterocycles. The van der Waals surface area contributed by atoms with Gasteiger partial charge in [-0.05, 0) is 47.5 Å². The van der Waals surface area contributed by atoms with Crippen molar-refractivity contribution in [3.8, 4) is 5.88 Å². The Morgan fingerprint density at radius 1 is 1.03 bits per heavy atom. The van der Waals surface area contributed by atoms with Crippen LogP contribution in [0.2, 0.25) is 15.1 Å². The number of pyridine rings is 1. The summed E-state index contributed by atoms with van der Waals surface area (Å²) in [6, 6.07) is 13.0. The Bertz CT molecular complexity index is 1240. The van der Waals surface area contributed by atoms with Gasteiger partial charge < -0.3 is 10.1 Å². The first kappa shape index (κ1) is 25.1. The molecule has 10 heteroatoms. The number of methoxy groups -OCH3 is 1. The second-order valence-corrected chi connectivity index (χ2v) is 10.5. The molecule has 0 bridgehead atoms. The Labute approximate surface area is 221 Å². The Balaban J connectivity index is 1.49. The molecule has 1 N–H and O–H groups in total. The SMILES string of the molecule is COc1ccc(CC(=O)c2cc(NC(=O)C3C(c4cc(Cl)cc(Cl)c4)C3(Cl)Cl)ccc2Cl)cn1. The highest BCUT2D eigenvalue weighted by Crippen LogP contribution is 2.65. The molecular formula is C24H17Cl5N2O3. The lowest BCUT2D eigenvalue weighted by Gasteiger charge is -2.09. The second-order valence-electron chi connectivity index (χ2n) is 7.83. The highest BCUT2D eigenvalue weighted by molar-refractivity contribution is 6.53. The van der Waals surface area contributed by atoms with Gasteiger partial charge in [-0.2, -0.15) is 0 Å². The molecule has 1 fully saturated rings. The molecule has 1 saturated carbocycles. The summed E-state index contributed by atoms with van der Waals surface area (Å²) in [5.41, 5.74) is 2.03. The molecule has 1 heterocycles. The lowest BCUT2D eigenvalue weighted by molar-refractivity contribution is -0.117. The fourth-order valence-electron chi connectivity index (χ4n) is 3.78. The maximum atomic E-state index is 13.0. The molecule has 2 atom stereocenters. The molecule has 2 aromatic carbocycles. The summed E-state index contributed by atoms with van der Waals surface area (Å²) in [5.74, 6) is -1.39. The highest BCUT2D eigenvalue weighted by Gasteiger charge is 2.67. The number of hydrogen-bond donors (Lipinski definition) is 1. The van der Waals surface area contributed by atoms with Crippen molar-refractivity contribution in [3.63, 3.8) is 0 Å². The minimum Gasteiger partial charge on any atom is -0.481 e. The van der Waals surface area contributed by atoms with E-state index < -0.39 is 22.1 Å². The van der Waals surface area contributed by atoms with Crippen LogP contribution in [0.5, 0.6) is 5.88 Å². The number of Topliss-reactive ketones (excluding diaryl/α,β-unsaturated/α-hetero) is 1. The Morgan fingerprint density at radius 3 is 2.35 bits per heavy atom. The maximum absolute atomic E-state index is 13.0. The number of hydrogen-bond acceptors (Lipinski definition) is 4. The van der Waals surface area contributed by atoms with Gasteiger partial charge in [-0.15, -0.1) is 23.2 Å². The molecule has 3 aromatic rings. The molecule has 5 nitrogen and oxygen atoms in total. The molecule has 1 amide bonds. The number of anilines is 1. The number of rotatable bonds is 7. The fourth-order valence-corrected chi connectivity index (χ4v) is 5.37. The van der Waals surface area contributed by atoms with Crippen molar-refractivity contribution < 1.29 is 14.3 Å². The van der Waals surface area contributed by atoms with Crippen molar-refractivity contribution in [1.82, 2.24) is 4.98 Å². The Morgan fingerprint density at radius 2 is 1.74 bits per heavy atom. The zero-order valence-electron chi connectivity index (χ0n) is 17.6. The van der Waals surface area contributed by atoms with E-state index in [1.807, 2.05) is 0 Å². The molecule has 1 aliphatic carbocycles. The predicted octanol–water partition coefficient (Wildman–Crippen LogP) is 7.00. The fraction of sp³-hybridized carbons (Fsp3) is 0.208. The molecule has 34 heavy (non-hydrogen) atoms. The zero-order valence-corrected chi connectivity index (χ0v) is 21.4. The van der Waals surface area contributed by atoms with Crippen LogP contribution in [0, 0.1) is 5.92 Å². The lowest BCUT2D eigenvalue weighted by Crippen LogP contribution is -2.17. The molecule has 1 aromatic heterocycles. The zero-order chi connectivity index (χ0) is 24.6. The van der Waals surface area contributed by atoms with Crippen LogP contribution in [-0.2, 0) is 11.2 Å². The van der Waals surface area contributed by atoms with Gasteiger partial charge in [0.1, 0.15) is 4.33 Å². The average Bonchev–Trinajstić information content (AvgIpc) is 3.37. The highest BCUT2D eigenvalue weighted by atomic mass is 35.5. The summed E-state index contributed by atoms with van der Waals surface area (Å²) >= 11 is 31.3. The van der Waals surface area contributed by atoms with Crippen LogP contribution in [0.3, 0.4) is 0 Å². The third-order valence-electron chi connectivity index (χ3n) is 5.49. The summed E-state index contributed by atoms with van der Waals surface area (Å²) in [6.07, 6.45) is 1.65. The van der Waals surface area contributed by atoms with E-state index in [9.17, 15) is 9.59 Å². The number of ketones is 1. The molecule has 4 rings (SSSR count). The van der Waals surface area contributed by atoms with Gasteiger partial charge in [-0.3, -0.25) is 9.59 Å². The number of halogens is 5. The topological polar surface area (TPSA) is 68.3 Å². The molecule has 0 spiro atoms. The van der Waals surface area contributed by atoms with E-state index in [4.69, 9.17) is 62.7 Å². The third-order valence-corrected chi connectivity index (χ3v) is 7.19. The third kappa shape index (κ3) is 5.29. The number of carbonyl (C=O) groups excluding carboxylic acids is 2. The van der Waals surface area contributed by atoms with Crippen molar-refractivity contribution in [1.29, 1.82) is 0 Å². The predicted molar refractivity (Wildman–Crippen MR) is 136 cm³/mol. The van der Waals surface area contributed by atoms with Crippen molar-refractivity contribution in [2.24, 2.45) is 5.92 Å². The van der Waals surface area contributed by atoms with Gasteiger partial charge in [0.2, 0.25) is 11.8 Å². The minimum absolute atomic E-state index is 0.0841. The standard InChI is InChI=1S/C24H17Cl5N2O3/c1-34-20-5-2-12(11-30-20)6-19(32)17-10-16(3-4-18(17)27)31-23(33)22-21(24(22,28)29)13-7-14(25)9-15(26)8-13/h2-5,7-11,21-22H,6H2,1H3,(H,31,33). The largest absolute Gasteiger partial charge is 0.481 e. The van der Waals surface area contributed by atoms with Gasteiger partial charge in [0.25, 0.3) is 0 Å². The number of alkyl halides is 2. The lowest BCUT2D eigenvalue weighted by atomic mass is 10.0. The summed E-state index contributed by atoms with van der Waals surface area (Å²) in [5, 5.41) is 3.89. The van der Waals surface area contributed by atoms with Gasteiger partial charge in [0.05, 0.1) is 18.1 Å². The molecule has 0 radical (unpaired) electrons. The molecule has 2 unspecified atom stereocenters. The first-order valence-corrected chi connectivity index (χ1v) is 12.0. The molecule has 0 saturated heterocycles. The number of nitrogens with one attached hydrogen (secondary N) is 1. The average molecular weight is 559 g/mol. The van der Waals surface area contributed by atoms with E-state index in [0.717, 1.165) is 0 Å². The van der Waals surface area contributed by atoms with E-state index in [-0.39, 0.29) is 22.8 Å². The summed E-state index contributed by atoms with van der Waals surface area (Å²) < 4.78 is 3.71. The normalized spacial score (nSPS) is 18.3. The van der Waals surface area contributed by atoms with Crippen LogP contribution in [0.15, 0.2) is 54.7 Å². The first-order valence-electron chi connectivity index (χ1n) is 10.1. The second kappa shape index (κ2) is 9.92. The molecular weight excluding hydrogens is 542 g/mol. The van der Waals surface area contributed by atoms with Gasteiger partial charge in [0, 0.05) is 45.9 Å². The number of carbonyl (C=O) groups is 2. The van der Waals surface area contributed by atoms with Crippen LogP contribution in [0.1, 0.15) is 27.4 Å². The van der Waals surface area contributed by atoms with E-state index in [1.165, 1.54) is 13.2 Å². The molecule has 176 valence electrons. The van der Waals surface area contributed by atoms with Crippen molar-refractivity contribution in [2.45, 2.75) is 16.7 Å². The number of nitrogens with zero attached hydrogens (tertiary/aromatic N) is 1. The molecule has 1 aliphatic rings. The summed E-state index contributed by atoms with van der Waals surface area (Å²) in [7, 11) is 1.51. The maximum Gasteiger partial charge on any atom is 0.231 e. The summed E-state index contributed by atoms with van der Waals surface area (Å²) in [6.45, 7) is 0. The van der Waals surface area contributed by atoms with Crippen LogP contribution in [0.25, 0.3) is 0 Å². The first-order chi connectivity index (χ1) is 16.1. The van der Waals surface area contributed by atoms with Crippen molar-refractivity contribution in [3.05, 3.63) is 86.5 Å². The number of benzene rings is 2. The van der Waals surface area contributed by atoms with Crippen LogP contribution >= 0.6 is 58.0 Å². The van der Waals surface area contributed by atoms with E-state index in [1.54, 1.807) is 48.7 Å². The van der Waals surface area contributed by atoms with Crippen molar-refractivity contribution >= 4 is 75.4 Å². The Kier molecular flexibility index (Phi) is 7.32. The summed E-state index contributed by atoms with van der Waals surface area (Å²) in [4.78, 5) is 29.9. The van der Waals surface area contributed by atoms with E-state index in [2.05, 4.69) is 10.3 Å². The number of ether oxygens (including phenoxy) is 1. The van der Waals surface area contributed by atoms with Gasteiger partial charge in [-0.25, -0.2) is 4.98 Å². The monoisotopic (exact) mass is 556 g/mol. The number of amides is 1. The van der Waals surface area contributed by atoms with Gasteiger partial charge in [-0.1, -0.05) is 40.9 Å².